The van der Waals surface area contributed by atoms with Gasteiger partial charge in [0.1, 0.15) is 11.2 Å². The molecule has 23 heavy (non-hydrogen) atoms. The second kappa shape index (κ2) is 4.68. The smallest absolute Gasteiger partial charge is 0.139 e. The lowest BCUT2D eigenvalue weighted by atomic mass is 10.0. The largest absolute Gasteiger partial charge is 0.456 e. The van der Waals surface area contributed by atoms with Crippen LogP contribution < -0.4 is 0 Å². The first kappa shape index (κ1) is 12.4. The van der Waals surface area contributed by atoms with Crippen molar-refractivity contribution in [2.45, 2.75) is 0 Å². The fraction of sp³-hybridized carbons (Fsp3) is 0. The minimum absolute atomic E-state index is 0.879. The molecule has 2 heteroatoms. The van der Waals surface area contributed by atoms with Crippen LogP contribution in [0.3, 0.4) is 0 Å². The van der Waals surface area contributed by atoms with Crippen molar-refractivity contribution in [2.75, 3.05) is 0 Å². The Morgan fingerprint density at radius 3 is 2.48 bits per heavy atom. The molecule has 0 bridgehead atoms. The zero-order valence-corrected chi connectivity index (χ0v) is 12.4. The Balaban J connectivity index is 1.87. The maximum absolute atomic E-state index is 5.96. The molecular weight excluding hydrogens is 282 g/mol. The zero-order chi connectivity index (χ0) is 15.2. The first-order chi connectivity index (χ1) is 11.4. The van der Waals surface area contributed by atoms with Crippen molar-refractivity contribution in [1.29, 1.82) is 0 Å². The number of nitrogens with zero attached hydrogens (tertiary/aromatic N) is 1. The van der Waals surface area contributed by atoms with E-state index in [-0.39, 0.29) is 0 Å². The summed E-state index contributed by atoms with van der Waals surface area (Å²) in [6, 6.07) is 24.9. The Bertz CT molecular complexity index is 1170. The molecule has 0 saturated carbocycles. The van der Waals surface area contributed by atoms with Crippen LogP contribution in [0.5, 0.6) is 0 Å². The molecule has 5 aromatic rings. The second-order valence-electron chi connectivity index (χ2n) is 5.69. The van der Waals surface area contributed by atoms with Crippen LogP contribution in [0.2, 0.25) is 0 Å². The van der Waals surface area contributed by atoms with E-state index in [4.69, 9.17) is 4.42 Å². The van der Waals surface area contributed by atoms with Gasteiger partial charge in [-0.2, -0.15) is 0 Å². The number of pyridine rings is 1. The highest BCUT2D eigenvalue weighted by molar-refractivity contribution is 6.11. The summed E-state index contributed by atoms with van der Waals surface area (Å²) in [5.74, 6) is 0. The van der Waals surface area contributed by atoms with E-state index in [0.29, 0.717) is 0 Å². The first-order valence-corrected chi connectivity index (χ1v) is 7.65. The van der Waals surface area contributed by atoms with Gasteiger partial charge in [-0.1, -0.05) is 54.6 Å². The molecule has 0 spiro atoms. The van der Waals surface area contributed by atoms with Crippen molar-refractivity contribution in [3.05, 3.63) is 79.0 Å². The number of fused-ring (bicyclic) bond motifs is 4. The van der Waals surface area contributed by atoms with Crippen LogP contribution in [0.4, 0.5) is 0 Å². The minimum Gasteiger partial charge on any atom is -0.456 e. The average Bonchev–Trinajstić information content (AvgIpc) is 3.00. The monoisotopic (exact) mass is 295 g/mol. The van der Waals surface area contributed by atoms with E-state index in [1.54, 1.807) is 0 Å². The number of aromatic nitrogens is 1. The molecule has 2 aromatic heterocycles. The molecule has 0 aliphatic carbocycles. The van der Waals surface area contributed by atoms with Gasteiger partial charge in [0.05, 0.1) is 11.1 Å². The summed E-state index contributed by atoms with van der Waals surface area (Å²) >= 11 is 0. The number of hydrogen-bond acceptors (Lipinski definition) is 2. The molecule has 3 aromatic carbocycles. The zero-order valence-electron chi connectivity index (χ0n) is 12.4. The highest BCUT2D eigenvalue weighted by Gasteiger charge is 2.13. The third kappa shape index (κ3) is 1.85. The highest BCUT2D eigenvalue weighted by Crippen LogP contribution is 2.35. The van der Waals surface area contributed by atoms with Crippen molar-refractivity contribution in [3.8, 4) is 11.3 Å². The van der Waals surface area contributed by atoms with E-state index in [2.05, 4.69) is 53.5 Å². The van der Waals surface area contributed by atoms with Gasteiger partial charge in [0, 0.05) is 17.1 Å². The quantitative estimate of drug-likeness (QED) is 0.390. The van der Waals surface area contributed by atoms with Crippen molar-refractivity contribution in [1.82, 2.24) is 4.98 Å². The molecule has 0 unspecified atom stereocenters. The van der Waals surface area contributed by atoms with Gasteiger partial charge < -0.3 is 4.42 Å². The maximum Gasteiger partial charge on any atom is 0.139 e. The predicted molar refractivity (Wildman–Crippen MR) is 94.5 cm³/mol. The molecule has 0 N–H and O–H groups in total. The molecule has 0 aliphatic heterocycles. The highest BCUT2D eigenvalue weighted by atomic mass is 16.3. The van der Waals surface area contributed by atoms with Crippen LogP contribution >= 0.6 is 0 Å². The molecule has 108 valence electrons. The lowest BCUT2D eigenvalue weighted by molar-refractivity contribution is 0.668. The van der Waals surface area contributed by atoms with E-state index in [1.165, 1.54) is 10.8 Å². The molecule has 0 fully saturated rings. The Labute approximate surface area is 133 Å². The molecule has 0 atom stereocenters. The van der Waals surface area contributed by atoms with Gasteiger partial charge in [0.2, 0.25) is 0 Å². The third-order valence-corrected chi connectivity index (χ3v) is 4.31. The van der Waals surface area contributed by atoms with Crippen LogP contribution in [0.25, 0.3) is 44.0 Å². The van der Waals surface area contributed by atoms with Gasteiger partial charge in [0.15, 0.2) is 0 Å². The molecule has 2 heterocycles. The van der Waals surface area contributed by atoms with E-state index < -0.39 is 0 Å². The minimum atomic E-state index is 0.879. The SMILES string of the molecule is c1ccc2cc(-c3nccc4oc5ccccc5c34)ccc2c1. The summed E-state index contributed by atoms with van der Waals surface area (Å²) in [4.78, 5) is 4.65. The first-order valence-electron chi connectivity index (χ1n) is 7.65. The summed E-state index contributed by atoms with van der Waals surface area (Å²) in [5.41, 5.74) is 3.86. The summed E-state index contributed by atoms with van der Waals surface area (Å²) in [7, 11) is 0. The lowest BCUT2D eigenvalue weighted by Gasteiger charge is -2.05. The molecule has 2 nitrogen and oxygen atoms in total. The van der Waals surface area contributed by atoms with Crippen molar-refractivity contribution in [3.63, 3.8) is 0 Å². The average molecular weight is 295 g/mol. The summed E-state index contributed by atoms with van der Waals surface area (Å²) < 4.78 is 5.96. The van der Waals surface area contributed by atoms with Crippen LogP contribution in [0, 0.1) is 0 Å². The van der Waals surface area contributed by atoms with Gasteiger partial charge in [-0.3, -0.25) is 4.98 Å². The molecule has 0 saturated heterocycles. The normalized spacial score (nSPS) is 11.5. The van der Waals surface area contributed by atoms with Crippen LogP contribution in [-0.2, 0) is 0 Å². The van der Waals surface area contributed by atoms with Gasteiger partial charge in [-0.05, 0) is 29.0 Å². The van der Waals surface area contributed by atoms with Gasteiger partial charge in [-0.15, -0.1) is 0 Å². The summed E-state index contributed by atoms with van der Waals surface area (Å²) in [6.45, 7) is 0. The number of hydrogen-bond donors (Lipinski definition) is 0. The van der Waals surface area contributed by atoms with Crippen LogP contribution in [0.1, 0.15) is 0 Å². The predicted octanol–water partition coefficient (Wildman–Crippen LogP) is 5.80. The molecule has 0 aliphatic rings. The third-order valence-electron chi connectivity index (χ3n) is 4.31. The molecule has 5 rings (SSSR count). The Hall–Kier alpha value is -3.13. The van der Waals surface area contributed by atoms with Crippen LogP contribution in [0.15, 0.2) is 83.4 Å². The fourth-order valence-electron chi connectivity index (χ4n) is 3.23. The summed E-state index contributed by atoms with van der Waals surface area (Å²) in [5, 5.41) is 4.65. The molecule has 0 radical (unpaired) electrons. The number of furan rings is 1. The second-order valence-corrected chi connectivity index (χ2v) is 5.69. The Morgan fingerprint density at radius 2 is 1.52 bits per heavy atom. The van der Waals surface area contributed by atoms with Crippen molar-refractivity contribution < 1.29 is 4.42 Å². The van der Waals surface area contributed by atoms with Crippen molar-refractivity contribution >= 4 is 32.7 Å². The topological polar surface area (TPSA) is 26.0 Å². The van der Waals surface area contributed by atoms with Crippen LogP contribution in [-0.4, -0.2) is 4.98 Å². The Morgan fingerprint density at radius 1 is 0.696 bits per heavy atom. The van der Waals surface area contributed by atoms with Gasteiger partial charge in [-0.25, -0.2) is 0 Å². The Kier molecular flexibility index (Phi) is 2.53. The molecule has 0 amide bonds. The lowest BCUT2D eigenvalue weighted by Crippen LogP contribution is -1.84. The maximum atomic E-state index is 5.96. The van der Waals surface area contributed by atoms with Crippen molar-refractivity contribution in [2.24, 2.45) is 0 Å². The van der Waals surface area contributed by atoms with Gasteiger partial charge >= 0.3 is 0 Å². The standard InChI is InChI=1S/C21H13NO/c1-2-6-15-13-16(10-9-14(15)5-1)21-20-17-7-3-4-8-18(17)23-19(20)11-12-22-21/h1-13H. The number of para-hydroxylation sites is 1. The summed E-state index contributed by atoms with van der Waals surface area (Å²) in [6.07, 6.45) is 1.81. The van der Waals surface area contributed by atoms with E-state index in [1.807, 2.05) is 30.5 Å². The van der Waals surface area contributed by atoms with Gasteiger partial charge in [0.25, 0.3) is 0 Å². The van der Waals surface area contributed by atoms with E-state index in [9.17, 15) is 0 Å². The fourth-order valence-corrected chi connectivity index (χ4v) is 3.23. The number of rotatable bonds is 1. The van der Waals surface area contributed by atoms with E-state index >= 15 is 0 Å². The molecular formula is C21H13NO. The van der Waals surface area contributed by atoms with E-state index in [0.717, 1.165) is 33.2 Å². The number of benzene rings is 3.